The van der Waals surface area contributed by atoms with Gasteiger partial charge >= 0.3 is 0 Å². The number of hydrogen-bond donors (Lipinski definition) is 3. The number of carbonyl (C=O) groups excluding carboxylic acids is 1. The standard InChI is InChI=1S/C13H20N4O/c1-8-3-2-4-9(5-8)17-12-6-10(13(15)18)11(14)7-16-12/h6-9H,2-5,14H2,1H3,(H2,15,18)(H,16,17). The van der Waals surface area contributed by atoms with Crippen LogP contribution in [-0.4, -0.2) is 16.9 Å². The third-order valence-electron chi connectivity index (χ3n) is 3.49. The van der Waals surface area contributed by atoms with Gasteiger partial charge in [-0.1, -0.05) is 19.8 Å². The van der Waals surface area contributed by atoms with Gasteiger partial charge in [0.25, 0.3) is 5.91 Å². The molecule has 0 radical (unpaired) electrons. The van der Waals surface area contributed by atoms with Gasteiger partial charge in [0.15, 0.2) is 0 Å². The predicted molar refractivity (Wildman–Crippen MR) is 72.2 cm³/mol. The van der Waals surface area contributed by atoms with Crippen LogP contribution in [0, 0.1) is 5.92 Å². The number of primary amides is 1. The number of aromatic nitrogens is 1. The molecule has 2 rings (SSSR count). The number of carbonyl (C=O) groups is 1. The van der Waals surface area contributed by atoms with Crippen LogP contribution in [0.4, 0.5) is 11.5 Å². The Morgan fingerprint density at radius 3 is 2.94 bits per heavy atom. The second kappa shape index (κ2) is 5.25. The molecule has 1 amide bonds. The summed E-state index contributed by atoms with van der Waals surface area (Å²) >= 11 is 0. The minimum absolute atomic E-state index is 0.324. The van der Waals surface area contributed by atoms with Gasteiger partial charge in [-0.05, 0) is 24.8 Å². The highest BCUT2D eigenvalue weighted by Crippen LogP contribution is 2.26. The van der Waals surface area contributed by atoms with Crippen molar-refractivity contribution in [2.45, 2.75) is 38.6 Å². The molecule has 18 heavy (non-hydrogen) atoms. The Morgan fingerprint density at radius 1 is 1.50 bits per heavy atom. The molecule has 2 unspecified atom stereocenters. The summed E-state index contributed by atoms with van der Waals surface area (Å²) in [6, 6.07) is 2.06. The molecule has 0 bridgehead atoms. The lowest BCUT2D eigenvalue weighted by atomic mass is 9.87. The summed E-state index contributed by atoms with van der Waals surface area (Å²) in [5.74, 6) is 0.896. The van der Waals surface area contributed by atoms with Crippen LogP contribution < -0.4 is 16.8 Å². The SMILES string of the molecule is CC1CCCC(Nc2cc(C(N)=O)c(N)cn2)C1. The highest BCUT2D eigenvalue weighted by atomic mass is 16.1. The van der Waals surface area contributed by atoms with Gasteiger partial charge in [-0.15, -0.1) is 0 Å². The normalized spacial score (nSPS) is 23.6. The molecule has 98 valence electrons. The fourth-order valence-corrected chi connectivity index (χ4v) is 2.53. The van der Waals surface area contributed by atoms with E-state index >= 15 is 0 Å². The lowest BCUT2D eigenvalue weighted by Gasteiger charge is -2.28. The number of nitrogen functional groups attached to an aromatic ring is 1. The lowest BCUT2D eigenvalue weighted by molar-refractivity contribution is 0.100. The van der Waals surface area contributed by atoms with E-state index in [2.05, 4.69) is 17.2 Å². The number of hydrogen-bond acceptors (Lipinski definition) is 4. The number of anilines is 2. The molecule has 1 aliphatic carbocycles. The minimum Gasteiger partial charge on any atom is -0.397 e. The van der Waals surface area contributed by atoms with Gasteiger partial charge in [0.1, 0.15) is 5.82 Å². The number of rotatable bonds is 3. The maximum Gasteiger partial charge on any atom is 0.250 e. The Morgan fingerprint density at radius 2 is 2.28 bits per heavy atom. The molecular weight excluding hydrogens is 228 g/mol. The van der Waals surface area contributed by atoms with Crippen LogP contribution in [0.5, 0.6) is 0 Å². The van der Waals surface area contributed by atoms with E-state index in [0.29, 0.717) is 23.1 Å². The number of nitrogens with zero attached hydrogens (tertiary/aromatic N) is 1. The van der Waals surface area contributed by atoms with E-state index in [1.807, 2.05) is 0 Å². The molecule has 0 aliphatic heterocycles. The quantitative estimate of drug-likeness (QED) is 0.759. The molecule has 0 saturated heterocycles. The van der Waals surface area contributed by atoms with Gasteiger partial charge in [0.05, 0.1) is 17.4 Å². The first-order valence-corrected chi connectivity index (χ1v) is 6.38. The monoisotopic (exact) mass is 248 g/mol. The number of amides is 1. The molecule has 5 nitrogen and oxygen atoms in total. The molecule has 5 heteroatoms. The van der Waals surface area contributed by atoms with Crippen LogP contribution in [0.2, 0.25) is 0 Å². The van der Waals surface area contributed by atoms with Gasteiger partial charge in [0.2, 0.25) is 0 Å². The summed E-state index contributed by atoms with van der Waals surface area (Å²) in [5.41, 5.74) is 11.6. The van der Waals surface area contributed by atoms with Crippen LogP contribution in [0.25, 0.3) is 0 Å². The third kappa shape index (κ3) is 2.91. The van der Waals surface area contributed by atoms with E-state index in [1.165, 1.54) is 19.0 Å². The van der Waals surface area contributed by atoms with Crippen LogP contribution in [0.1, 0.15) is 43.0 Å². The molecular formula is C13H20N4O. The summed E-state index contributed by atoms with van der Waals surface area (Å²) in [5, 5.41) is 3.36. The zero-order chi connectivity index (χ0) is 13.1. The predicted octanol–water partition coefficient (Wildman–Crippen LogP) is 1.75. The average molecular weight is 248 g/mol. The van der Waals surface area contributed by atoms with Gasteiger partial charge in [-0.25, -0.2) is 4.98 Å². The molecule has 1 aromatic heterocycles. The van der Waals surface area contributed by atoms with Gasteiger partial charge < -0.3 is 16.8 Å². The largest absolute Gasteiger partial charge is 0.397 e. The van der Waals surface area contributed by atoms with Crippen molar-refractivity contribution in [1.29, 1.82) is 0 Å². The van der Waals surface area contributed by atoms with Crippen molar-refractivity contribution in [2.75, 3.05) is 11.1 Å². The van der Waals surface area contributed by atoms with Gasteiger partial charge in [-0.3, -0.25) is 4.79 Å². The van der Waals surface area contributed by atoms with E-state index in [-0.39, 0.29) is 0 Å². The van der Waals surface area contributed by atoms with Crippen molar-refractivity contribution in [1.82, 2.24) is 4.98 Å². The summed E-state index contributed by atoms with van der Waals surface area (Å²) in [6.45, 7) is 2.26. The Labute approximate surface area is 107 Å². The molecule has 2 atom stereocenters. The fraction of sp³-hybridized carbons (Fsp3) is 0.538. The molecule has 0 aromatic carbocycles. The van der Waals surface area contributed by atoms with E-state index in [0.717, 1.165) is 18.8 Å². The van der Waals surface area contributed by atoms with Crippen molar-refractivity contribution in [3.8, 4) is 0 Å². The van der Waals surface area contributed by atoms with Crippen molar-refractivity contribution in [2.24, 2.45) is 11.7 Å². The zero-order valence-electron chi connectivity index (χ0n) is 10.6. The van der Waals surface area contributed by atoms with Crippen LogP contribution in [-0.2, 0) is 0 Å². The van der Waals surface area contributed by atoms with Crippen LogP contribution in [0.3, 0.4) is 0 Å². The van der Waals surface area contributed by atoms with Crippen LogP contribution >= 0.6 is 0 Å². The second-order valence-corrected chi connectivity index (χ2v) is 5.13. The first-order chi connectivity index (χ1) is 8.56. The molecule has 0 spiro atoms. The maximum atomic E-state index is 11.2. The van der Waals surface area contributed by atoms with E-state index in [1.54, 1.807) is 6.07 Å². The van der Waals surface area contributed by atoms with E-state index < -0.39 is 5.91 Å². The number of nitrogens with one attached hydrogen (secondary N) is 1. The van der Waals surface area contributed by atoms with Crippen LogP contribution in [0.15, 0.2) is 12.3 Å². The maximum absolute atomic E-state index is 11.2. The first kappa shape index (κ1) is 12.7. The first-order valence-electron chi connectivity index (χ1n) is 6.38. The second-order valence-electron chi connectivity index (χ2n) is 5.13. The third-order valence-corrected chi connectivity index (χ3v) is 3.49. The summed E-state index contributed by atoms with van der Waals surface area (Å²) < 4.78 is 0. The Bertz CT molecular complexity index is 447. The molecule has 1 fully saturated rings. The summed E-state index contributed by atoms with van der Waals surface area (Å²) in [4.78, 5) is 15.4. The van der Waals surface area contributed by atoms with E-state index in [4.69, 9.17) is 11.5 Å². The zero-order valence-corrected chi connectivity index (χ0v) is 10.6. The van der Waals surface area contributed by atoms with Gasteiger partial charge in [0, 0.05) is 6.04 Å². The fourth-order valence-electron chi connectivity index (χ4n) is 2.53. The van der Waals surface area contributed by atoms with Crippen molar-refractivity contribution in [3.05, 3.63) is 17.8 Å². The molecule has 1 saturated carbocycles. The Kier molecular flexibility index (Phi) is 3.69. The lowest BCUT2D eigenvalue weighted by Crippen LogP contribution is -2.27. The number of pyridine rings is 1. The Hall–Kier alpha value is -1.78. The summed E-state index contributed by atoms with van der Waals surface area (Å²) in [6.07, 6.45) is 6.28. The Balaban J connectivity index is 2.09. The molecule has 5 N–H and O–H groups in total. The average Bonchev–Trinajstić information content (AvgIpc) is 2.31. The summed E-state index contributed by atoms with van der Waals surface area (Å²) in [7, 11) is 0. The van der Waals surface area contributed by atoms with Crippen molar-refractivity contribution < 1.29 is 4.79 Å². The molecule has 1 heterocycles. The molecule has 1 aliphatic rings. The highest BCUT2D eigenvalue weighted by Gasteiger charge is 2.19. The topological polar surface area (TPSA) is 94.0 Å². The minimum atomic E-state index is -0.519. The van der Waals surface area contributed by atoms with Gasteiger partial charge in [-0.2, -0.15) is 0 Å². The van der Waals surface area contributed by atoms with E-state index in [9.17, 15) is 4.79 Å². The number of nitrogens with two attached hydrogens (primary N) is 2. The smallest absolute Gasteiger partial charge is 0.250 e. The van der Waals surface area contributed by atoms with Crippen molar-refractivity contribution >= 4 is 17.4 Å². The molecule has 1 aromatic rings. The highest BCUT2D eigenvalue weighted by molar-refractivity contribution is 5.98. The van der Waals surface area contributed by atoms with Crippen molar-refractivity contribution in [3.63, 3.8) is 0 Å².